The van der Waals surface area contributed by atoms with Crippen LogP contribution in [-0.4, -0.2) is 37.0 Å². The Morgan fingerprint density at radius 3 is 1.93 bits per heavy atom. The average Bonchev–Trinajstić information content (AvgIpc) is 3.11. The van der Waals surface area contributed by atoms with E-state index in [1.165, 1.54) is 12.8 Å². The van der Waals surface area contributed by atoms with Crippen LogP contribution in [0.2, 0.25) is 0 Å². The minimum atomic E-state index is 0.168. The lowest BCUT2D eigenvalue weighted by molar-refractivity contribution is -0.121. The molecule has 1 aliphatic heterocycles. The van der Waals surface area contributed by atoms with E-state index in [9.17, 15) is 4.79 Å². The summed E-state index contributed by atoms with van der Waals surface area (Å²) >= 11 is 0. The van der Waals surface area contributed by atoms with Crippen molar-refractivity contribution in [3.05, 3.63) is 60.8 Å². The summed E-state index contributed by atoms with van der Waals surface area (Å²) in [4.78, 5) is 14.2. The summed E-state index contributed by atoms with van der Waals surface area (Å²) < 4.78 is 0. The molecule has 1 atom stereocenters. The number of carbonyl (C=O) groups excluding carboxylic acids is 1. The molecule has 0 bridgehead atoms. The minimum Gasteiger partial charge on any atom is -0.355 e. The van der Waals surface area contributed by atoms with Gasteiger partial charge < -0.3 is 10.2 Å². The first kappa shape index (κ1) is 24.2. The van der Waals surface area contributed by atoms with Crippen molar-refractivity contribution in [2.24, 2.45) is 0 Å². The van der Waals surface area contributed by atoms with Gasteiger partial charge in [0, 0.05) is 19.0 Å². The molecule has 0 spiro atoms. The van der Waals surface area contributed by atoms with Gasteiger partial charge in [-0.3, -0.25) is 4.79 Å². The van der Waals surface area contributed by atoms with E-state index in [1.807, 2.05) is 0 Å². The third kappa shape index (κ3) is 13.3. The Bertz CT molecular complexity index is 543. The third-order valence-corrected chi connectivity index (χ3v) is 4.90. The van der Waals surface area contributed by atoms with Crippen LogP contribution in [0.25, 0.3) is 0 Å². The maximum Gasteiger partial charge on any atom is 0.220 e. The molecule has 1 saturated heterocycles. The summed E-state index contributed by atoms with van der Waals surface area (Å²) in [5, 5.41) is 3.06. The van der Waals surface area contributed by atoms with Crippen LogP contribution in [-0.2, 0) is 4.79 Å². The van der Waals surface area contributed by atoms with E-state index in [4.69, 9.17) is 0 Å². The summed E-state index contributed by atoms with van der Waals surface area (Å²) in [6.07, 6.45) is 30.8. The van der Waals surface area contributed by atoms with Gasteiger partial charge in [-0.25, -0.2) is 0 Å². The van der Waals surface area contributed by atoms with E-state index >= 15 is 0 Å². The zero-order valence-electron chi connectivity index (χ0n) is 18.0. The molecule has 1 amide bonds. The number of likely N-dealkylation sites (tertiary alicyclic amines) is 1. The number of hydrogen-bond donors (Lipinski definition) is 1. The monoisotopic (exact) mass is 384 g/mol. The van der Waals surface area contributed by atoms with Crippen LogP contribution in [0.1, 0.15) is 64.7 Å². The van der Waals surface area contributed by atoms with Gasteiger partial charge in [-0.05, 0) is 65.0 Å². The second-order valence-corrected chi connectivity index (χ2v) is 7.33. The van der Waals surface area contributed by atoms with E-state index in [1.54, 1.807) is 0 Å². The number of nitrogens with one attached hydrogen (secondary N) is 1. The number of rotatable bonds is 14. The number of hydrogen-bond acceptors (Lipinski definition) is 2. The molecule has 1 fully saturated rings. The molecule has 0 radical (unpaired) electrons. The maximum absolute atomic E-state index is 11.9. The van der Waals surface area contributed by atoms with Gasteiger partial charge in [0.2, 0.25) is 5.91 Å². The van der Waals surface area contributed by atoms with Crippen molar-refractivity contribution >= 4 is 5.91 Å². The molecular formula is C25H40N2O. The zero-order valence-corrected chi connectivity index (χ0v) is 18.0. The van der Waals surface area contributed by atoms with Crippen molar-refractivity contribution in [1.29, 1.82) is 0 Å². The second-order valence-electron chi connectivity index (χ2n) is 7.33. The molecule has 0 saturated carbocycles. The molecule has 28 heavy (non-hydrogen) atoms. The standard InChI is InChI=1S/C25H40N2O/c1-3-4-5-6-7-8-9-10-11-12-13-14-15-16-17-18-21-25(28)26-23-24-20-19-22-27(24)2/h4-5,7-8,10-11,13-14,16-17,24H,3,6,9,12,15,18-23H2,1-2H3,(H,26,28)/b5-4+,8-7+,11-10+,14-13+,17-16+. The van der Waals surface area contributed by atoms with E-state index in [-0.39, 0.29) is 5.91 Å². The van der Waals surface area contributed by atoms with Gasteiger partial charge in [0.1, 0.15) is 0 Å². The number of nitrogens with zero attached hydrogens (tertiary/aromatic N) is 1. The summed E-state index contributed by atoms with van der Waals surface area (Å²) in [7, 11) is 2.14. The van der Waals surface area contributed by atoms with Gasteiger partial charge in [0.05, 0.1) is 0 Å². The van der Waals surface area contributed by atoms with Crippen molar-refractivity contribution in [3.8, 4) is 0 Å². The Labute approximate surface area is 173 Å². The van der Waals surface area contributed by atoms with Crippen LogP contribution >= 0.6 is 0 Å². The summed E-state index contributed by atoms with van der Waals surface area (Å²) in [5.74, 6) is 0.168. The Morgan fingerprint density at radius 2 is 1.43 bits per heavy atom. The van der Waals surface area contributed by atoms with Gasteiger partial charge in [-0.1, -0.05) is 67.7 Å². The smallest absolute Gasteiger partial charge is 0.220 e. The maximum atomic E-state index is 11.9. The molecule has 1 heterocycles. The second kappa shape index (κ2) is 17.2. The molecule has 0 aromatic carbocycles. The van der Waals surface area contributed by atoms with Crippen LogP contribution in [0.15, 0.2) is 60.8 Å². The molecule has 0 aliphatic carbocycles. The van der Waals surface area contributed by atoms with Crippen molar-refractivity contribution < 1.29 is 4.79 Å². The van der Waals surface area contributed by atoms with Crippen LogP contribution in [0, 0.1) is 0 Å². The molecule has 0 aromatic heterocycles. The summed E-state index contributed by atoms with van der Waals surface area (Å²) in [6, 6.07) is 0.526. The highest BCUT2D eigenvalue weighted by atomic mass is 16.1. The Morgan fingerprint density at radius 1 is 0.893 bits per heavy atom. The van der Waals surface area contributed by atoms with Gasteiger partial charge >= 0.3 is 0 Å². The third-order valence-electron chi connectivity index (χ3n) is 4.90. The number of amides is 1. The molecule has 1 rings (SSSR count). The van der Waals surface area contributed by atoms with Crippen molar-refractivity contribution in [3.63, 3.8) is 0 Å². The SMILES string of the molecule is CC/C=C/C/C=C/C/C=C/C/C=C/C/C=C/CCC(=O)NCC1CCCN1C. The fourth-order valence-electron chi connectivity index (χ4n) is 3.14. The molecule has 156 valence electrons. The Hall–Kier alpha value is -1.87. The topological polar surface area (TPSA) is 32.3 Å². The number of allylic oxidation sites excluding steroid dienone is 10. The highest BCUT2D eigenvalue weighted by Crippen LogP contribution is 2.13. The molecule has 0 aromatic rings. The van der Waals surface area contributed by atoms with E-state index in [2.05, 4.69) is 84.9 Å². The largest absolute Gasteiger partial charge is 0.355 e. The minimum absolute atomic E-state index is 0.168. The molecule has 1 unspecified atom stereocenters. The highest BCUT2D eigenvalue weighted by Gasteiger charge is 2.20. The van der Waals surface area contributed by atoms with Gasteiger partial charge in [-0.2, -0.15) is 0 Å². The predicted octanol–water partition coefficient (Wildman–Crippen LogP) is 5.73. The van der Waals surface area contributed by atoms with Gasteiger partial charge in [0.15, 0.2) is 0 Å². The van der Waals surface area contributed by atoms with Crippen molar-refractivity contribution in [2.45, 2.75) is 70.8 Å². The van der Waals surface area contributed by atoms with E-state index < -0.39 is 0 Å². The van der Waals surface area contributed by atoms with Crippen LogP contribution in [0.3, 0.4) is 0 Å². The fraction of sp³-hybridized carbons (Fsp3) is 0.560. The first-order chi connectivity index (χ1) is 13.7. The quantitative estimate of drug-likeness (QED) is 0.388. The van der Waals surface area contributed by atoms with Gasteiger partial charge in [0.25, 0.3) is 0 Å². The molecule has 1 aliphatic rings. The Kier molecular flexibility index (Phi) is 14.9. The lowest BCUT2D eigenvalue weighted by Crippen LogP contribution is -2.38. The Balaban J connectivity index is 1.95. The van der Waals surface area contributed by atoms with Crippen LogP contribution in [0.5, 0.6) is 0 Å². The number of carbonyl (C=O) groups is 1. The van der Waals surface area contributed by atoms with Crippen LogP contribution in [0.4, 0.5) is 0 Å². The van der Waals surface area contributed by atoms with Crippen molar-refractivity contribution in [1.82, 2.24) is 10.2 Å². The van der Waals surface area contributed by atoms with Gasteiger partial charge in [-0.15, -0.1) is 0 Å². The molecule has 1 N–H and O–H groups in total. The zero-order chi connectivity index (χ0) is 20.3. The molecule has 3 nitrogen and oxygen atoms in total. The predicted molar refractivity (Wildman–Crippen MR) is 122 cm³/mol. The lowest BCUT2D eigenvalue weighted by atomic mass is 10.2. The first-order valence-corrected chi connectivity index (χ1v) is 11.0. The normalized spacial score (nSPS) is 18.7. The average molecular weight is 385 g/mol. The first-order valence-electron chi connectivity index (χ1n) is 11.0. The van der Waals surface area contributed by atoms with E-state index in [0.717, 1.165) is 51.6 Å². The van der Waals surface area contributed by atoms with Crippen molar-refractivity contribution in [2.75, 3.05) is 20.1 Å². The molecule has 3 heteroatoms. The highest BCUT2D eigenvalue weighted by molar-refractivity contribution is 5.76. The molecular weight excluding hydrogens is 344 g/mol. The summed E-state index contributed by atoms with van der Waals surface area (Å²) in [6.45, 7) is 4.10. The summed E-state index contributed by atoms with van der Waals surface area (Å²) in [5.41, 5.74) is 0. The lowest BCUT2D eigenvalue weighted by Gasteiger charge is -2.19. The van der Waals surface area contributed by atoms with Crippen LogP contribution < -0.4 is 5.32 Å². The fourth-order valence-corrected chi connectivity index (χ4v) is 3.14. The number of likely N-dealkylation sites (N-methyl/N-ethyl adjacent to an activating group) is 1. The van der Waals surface area contributed by atoms with E-state index in [0.29, 0.717) is 12.5 Å².